The van der Waals surface area contributed by atoms with Crippen LogP contribution in [-0.2, 0) is 4.74 Å². The Morgan fingerprint density at radius 2 is 1.95 bits per heavy atom. The lowest BCUT2D eigenvalue weighted by atomic mass is 10.0. The van der Waals surface area contributed by atoms with Crippen LogP contribution in [0.25, 0.3) is 0 Å². The van der Waals surface area contributed by atoms with Gasteiger partial charge in [0.15, 0.2) is 0 Å². The molecule has 0 amide bonds. The molecule has 0 spiro atoms. The predicted molar refractivity (Wildman–Crippen MR) is 75.1 cm³/mol. The molecule has 1 aromatic carbocycles. The second-order valence-electron chi connectivity index (χ2n) is 4.50. The average Bonchev–Trinajstić information content (AvgIpc) is 2.44. The van der Waals surface area contributed by atoms with Crippen molar-refractivity contribution in [2.24, 2.45) is 0 Å². The van der Waals surface area contributed by atoms with Crippen LogP contribution in [0, 0.1) is 11.3 Å². The summed E-state index contributed by atoms with van der Waals surface area (Å²) in [5, 5.41) is 12.2. The molecule has 0 aromatic heterocycles. The molecule has 0 radical (unpaired) electrons. The summed E-state index contributed by atoms with van der Waals surface area (Å²) in [5.41, 5.74) is -0.505. The van der Waals surface area contributed by atoms with Crippen LogP contribution in [-0.4, -0.2) is 31.9 Å². The molecule has 0 saturated carbocycles. The Balaban J connectivity index is 2.10. The van der Waals surface area contributed by atoms with Gasteiger partial charge in [0.05, 0.1) is 12.7 Å². The molecule has 0 aliphatic carbocycles. The second-order valence-corrected chi connectivity index (χ2v) is 4.50. The van der Waals surface area contributed by atoms with Gasteiger partial charge in [-0.25, -0.2) is 0 Å². The lowest BCUT2D eigenvalue weighted by Crippen LogP contribution is -2.41. The standard InChI is InChI=1S/C15H22N2O2/c1-3-17-15(2,13-16)9-10-18-11-12-19-14-7-5-4-6-8-14/h4-8,17H,3,9-12H2,1-2H3. The molecule has 1 N–H and O–H groups in total. The van der Waals surface area contributed by atoms with Crippen LogP contribution in [0.15, 0.2) is 30.3 Å². The topological polar surface area (TPSA) is 54.3 Å². The van der Waals surface area contributed by atoms with Crippen molar-refractivity contribution in [2.75, 3.05) is 26.4 Å². The quantitative estimate of drug-likeness (QED) is 0.694. The Labute approximate surface area is 115 Å². The first-order chi connectivity index (χ1) is 9.20. The number of nitriles is 1. The van der Waals surface area contributed by atoms with Crippen LogP contribution in [0.4, 0.5) is 0 Å². The lowest BCUT2D eigenvalue weighted by Gasteiger charge is -2.22. The number of nitrogens with one attached hydrogen (secondary N) is 1. The van der Waals surface area contributed by atoms with Crippen LogP contribution in [0.1, 0.15) is 20.3 Å². The molecule has 4 nitrogen and oxygen atoms in total. The average molecular weight is 262 g/mol. The third kappa shape index (κ3) is 6.23. The number of hydrogen-bond donors (Lipinski definition) is 1. The van der Waals surface area contributed by atoms with Crippen molar-refractivity contribution in [3.8, 4) is 11.8 Å². The van der Waals surface area contributed by atoms with Gasteiger partial charge in [-0.15, -0.1) is 0 Å². The maximum absolute atomic E-state index is 9.08. The van der Waals surface area contributed by atoms with Gasteiger partial charge < -0.3 is 9.47 Å². The van der Waals surface area contributed by atoms with Gasteiger partial charge in [0.2, 0.25) is 0 Å². The van der Waals surface area contributed by atoms with E-state index >= 15 is 0 Å². The van der Waals surface area contributed by atoms with Crippen LogP contribution >= 0.6 is 0 Å². The zero-order valence-electron chi connectivity index (χ0n) is 11.7. The van der Waals surface area contributed by atoms with Crippen molar-refractivity contribution in [1.82, 2.24) is 5.32 Å². The van der Waals surface area contributed by atoms with Crippen LogP contribution in [0.3, 0.4) is 0 Å². The van der Waals surface area contributed by atoms with Crippen LogP contribution < -0.4 is 10.1 Å². The van der Waals surface area contributed by atoms with Crippen molar-refractivity contribution in [1.29, 1.82) is 5.26 Å². The molecule has 1 aromatic rings. The predicted octanol–water partition coefficient (Wildman–Crippen LogP) is 2.36. The first-order valence-electron chi connectivity index (χ1n) is 6.62. The van der Waals surface area contributed by atoms with Crippen LogP contribution in [0.2, 0.25) is 0 Å². The summed E-state index contributed by atoms with van der Waals surface area (Å²) < 4.78 is 11.0. The van der Waals surface area contributed by atoms with E-state index in [1.807, 2.05) is 44.2 Å². The normalized spacial score (nSPS) is 13.5. The summed E-state index contributed by atoms with van der Waals surface area (Å²) in [6.45, 7) is 6.26. The van der Waals surface area contributed by atoms with Gasteiger partial charge >= 0.3 is 0 Å². The Morgan fingerprint density at radius 3 is 2.58 bits per heavy atom. The van der Waals surface area contributed by atoms with Gasteiger partial charge in [0.1, 0.15) is 17.9 Å². The van der Waals surface area contributed by atoms with Gasteiger partial charge in [-0.1, -0.05) is 25.1 Å². The summed E-state index contributed by atoms with van der Waals surface area (Å²) in [6, 6.07) is 11.9. The van der Waals surface area contributed by atoms with E-state index in [0.717, 1.165) is 12.3 Å². The first kappa shape index (κ1) is 15.5. The summed E-state index contributed by atoms with van der Waals surface area (Å²) in [4.78, 5) is 0. The number of benzene rings is 1. The van der Waals surface area contributed by atoms with Gasteiger partial charge in [0.25, 0.3) is 0 Å². The highest BCUT2D eigenvalue weighted by Crippen LogP contribution is 2.09. The largest absolute Gasteiger partial charge is 0.491 e. The molecular weight excluding hydrogens is 240 g/mol. The Hall–Kier alpha value is -1.57. The van der Waals surface area contributed by atoms with E-state index in [1.54, 1.807) is 0 Å². The van der Waals surface area contributed by atoms with E-state index in [4.69, 9.17) is 14.7 Å². The Bertz CT molecular complexity index is 389. The third-order valence-corrected chi connectivity index (χ3v) is 2.80. The number of hydrogen-bond acceptors (Lipinski definition) is 4. The van der Waals surface area contributed by atoms with Crippen molar-refractivity contribution in [3.63, 3.8) is 0 Å². The van der Waals surface area contributed by atoms with E-state index in [1.165, 1.54) is 0 Å². The van der Waals surface area contributed by atoms with Gasteiger partial charge in [-0.05, 0) is 25.6 Å². The minimum atomic E-state index is -0.505. The van der Waals surface area contributed by atoms with E-state index in [-0.39, 0.29) is 0 Å². The highest BCUT2D eigenvalue weighted by Gasteiger charge is 2.21. The molecule has 19 heavy (non-hydrogen) atoms. The van der Waals surface area contributed by atoms with Crippen LogP contribution in [0.5, 0.6) is 5.75 Å². The number of para-hydroxylation sites is 1. The summed E-state index contributed by atoms with van der Waals surface area (Å²) in [5.74, 6) is 0.848. The van der Waals surface area contributed by atoms with Gasteiger partial charge in [0, 0.05) is 13.0 Å². The van der Waals surface area contributed by atoms with Gasteiger partial charge in [-0.3, -0.25) is 5.32 Å². The van der Waals surface area contributed by atoms with Crippen molar-refractivity contribution in [3.05, 3.63) is 30.3 Å². The number of nitrogens with zero attached hydrogens (tertiary/aromatic N) is 1. The third-order valence-electron chi connectivity index (χ3n) is 2.80. The monoisotopic (exact) mass is 262 g/mol. The Kier molecular flexibility index (Phi) is 6.94. The zero-order valence-corrected chi connectivity index (χ0v) is 11.7. The molecule has 4 heteroatoms. The highest BCUT2D eigenvalue weighted by molar-refractivity contribution is 5.20. The van der Waals surface area contributed by atoms with E-state index in [0.29, 0.717) is 26.2 Å². The van der Waals surface area contributed by atoms with Gasteiger partial charge in [-0.2, -0.15) is 5.26 Å². The molecule has 0 aliphatic rings. The lowest BCUT2D eigenvalue weighted by molar-refractivity contribution is 0.0892. The fraction of sp³-hybridized carbons (Fsp3) is 0.533. The van der Waals surface area contributed by atoms with Crippen molar-refractivity contribution >= 4 is 0 Å². The van der Waals surface area contributed by atoms with Crippen molar-refractivity contribution < 1.29 is 9.47 Å². The molecule has 1 rings (SSSR count). The molecular formula is C15H22N2O2. The molecule has 0 saturated heterocycles. The molecule has 0 aliphatic heterocycles. The molecule has 1 unspecified atom stereocenters. The van der Waals surface area contributed by atoms with Crippen molar-refractivity contribution in [2.45, 2.75) is 25.8 Å². The first-order valence-corrected chi connectivity index (χ1v) is 6.62. The maximum atomic E-state index is 9.08. The fourth-order valence-corrected chi connectivity index (χ4v) is 1.69. The zero-order chi connectivity index (χ0) is 14.0. The molecule has 104 valence electrons. The Morgan fingerprint density at radius 1 is 1.21 bits per heavy atom. The summed E-state index contributed by atoms with van der Waals surface area (Å²) in [7, 11) is 0. The minimum absolute atomic E-state index is 0.505. The smallest absolute Gasteiger partial charge is 0.119 e. The van der Waals surface area contributed by atoms with E-state index in [2.05, 4.69) is 11.4 Å². The summed E-state index contributed by atoms with van der Waals surface area (Å²) >= 11 is 0. The van der Waals surface area contributed by atoms with E-state index < -0.39 is 5.54 Å². The molecule has 0 heterocycles. The number of ether oxygens (including phenoxy) is 2. The van der Waals surface area contributed by atoms with E-state index in [9.17, 15) is 0 Å². The molecule has 0 fully saturated rings. The highest BCUT2D eigenvalue weighted by atomic mass is 16.5. The SMILES string of the molecule is CCNC(C)(C#N)CCOCCOc1ccccc1. The molecule has 1 atom stereocenters. The second kappa shape index (κ2) is 8.52. The maximum Gasteiger partial charge on any atom is 0.119 e. The fourth-order valence-electron chi connectivity index (χ4n) is 1.69. The summed E-state index contributed by atoms with van der Waals surface area (Å²) in [6.07, 6.45) is 0.669. The molecule has 0 bridgehead atoms. The minimum Gasteiger partial charge on any atom is -0.491 e. The number of rotatable bonds is 9.